The van der Waals surface area contributed by atoms with E-state index in [2.05, 4.69) is 9.68 Å². The number of pyridine rings is 1. The Kier molecular flexibility index (Phi) is 5.23. The van der Waals surface area contributed by atoms with Gasteiger partial charge in [-0.1, -0.05) is 11.6 Å². The molecule has 0 radical (unpaired) electrons. The highest BCUT2D eigenvalue weighted by Gasteiger charge is 2.28. The summed E-state index contributed by atoms with van der Waals surface area (Å²) in [4.78, 5) is 17.9. The lowest BCUT2D eigenvalue weighted by atomic mass is 10.1. The maximum atomic E-state index is 13.0. The molecule has 2 aliphatic rings. The lowest BCUT2D eigenvalue weighted by Gasteiger charge is -2.14. The summed E-state index contributed by atoms with van der Waals surface area (Å²) in [7, 11) is -3.56. The first kappa shape index (κ1) is 20.7. The van der Waals surface area contributed by atoms with Gasteiger partial charge in [0.1, 0.15) is 4.21 Å². The van der Waals surface area contributed by atoms with Crippen LogP contribution in [0.2, 0.25) is 5.02 Å². The van der Waals surface area contributed by atoms with E-state index in [4.69, 9.17) is 21.7 Å². The van der Waals surface area contributed by atoms with Gasteiger partial charge in [-0.25, -0.2) is 14.1 Å². The molecule has 7 nitrogen and oxygen atoms in total. The second kappa shape index (κ2) is 7.31. The van der Waals surface area contributed by atoms with Crippen LogP contribution < -0.4 is 10.5 Å². The molecule has 2 heterocycles. The number of aryl methyl sites for hydroxylation is 2. The highest BCUT2D eigenvalue weighted by molar-refractivity contribution is 7.93. The number of urea groups is 1. The molecule has 0 aromatic carbocycles. The molecule has 0 bridgehead atoms. The minimum atomic E-state index is -3.56. The minimum Gasteiger partial charge on any atom is -0.385 e. The van der Waals surface area contributed by atoms with Crippen molar-refractivity contribution in [1.82, 2.24) is 4.98 Å². The molecule has 1 atom stereocenters. The van der Waals surface area contributed by atoms with Crippen molar-refractivity contribution in [2.45, 2.75) is 62.2 Å². The van der Waals surface area contributed by atoms with Gasteiger partial charge in [0.15, 0.2) is 9.92 Å². The molecule has 0 unspecified atom stereocenters. The molecule has 4 N–H and O–H groups in total. The summed E-state index contributed by atoms with van der Waals surface area (Å²) in [5, 5.41) is 19.0. The number of nitrogens with zero attached hydrogens (tertiary/aromatic N) is 2. The predicted molar refractivity (Wildman–Crippen MR) is 115 cm³/mol. The summed E-state index contributed by atoms with van der Waals surface area (Å²) in [6, 6.07) is 0.741. The fourth-order valence-electron chi connectivity index (χ4n) is 3.88. The van der Waals surface area contributed by atoms with Crippen LogP contribution in [0, 0.1) is 0 Å². The van der Waals surface area contributed by atoms with Crippen molar-refractivity contribution < 1.29 is 14.1 Å². The van der Waals surface area contributed by atoms with Gasteiger partial charge >= 0.3 is 6.03 Å². The number of aromatic nitrogens is 1. The van der Waals surface area contributed by atoms with Crippen LogP contribution in [0.3, 0.4) is 0 Å². The molecule has 0 aliphatic heterocycles. The summed E-state index contributed by atoms with van der Waals surface area (Å²) >= 11 is 7.17. The Balaban J connectivity index is 1.68. The second-order valence-electron chi connectivity index (χ2n) is 7.94. The Morgan fingerprint density at radius 1 is 1.28 bits per heavy atom. The zero-order valence-electron chi connectivity index (χ0n) is 16.2. The van der Waals surface area contributed by atoms with E-state index in [0.717, 1.165) is 78.1 Å². The molecule has 2 aromatic rings. The first-order valence-corrected chi connectivity index (χ1v) is 12.2. The number of hydrogen-bond donors (Lipinski definition) is 3. The number of fused-ring (bicyclic) bond motifs is 2. The molecule has 4 rings (SSSR count). The van der Waals surface area contributed by atoms with Gasteiger partial charge in [0.05, 0.1) is 16.3 Å². The third kappa shape index (κ3) is 3.94. The van der Waals surface area contributed by atoms with Gasteiger partial charge in [-0.3, -0.25) is 4.98 Å². The molecule has 156 valence electrons. The molecule has 0 saturated carbocycles. The maximum Gasteiger partial charge on any atom is 0.354 e. The van der Waals surface area contributed by atoms with E-state index in [0.29, 0.717) is 4.88 Å². The first-order chi connectivity index (χ1) is 13.6. The smallest absolute Gasteiger partial charge is 0.354 e. The first-order valence-electron chi connectivity index (χ1n) is 9.48. The fourth-order valence-corrected chi connectivity index (χ4v) is 6.86. The minimum absolute atomic E-state index is 0.0802. The Hall–Kier alpha value is -1.52. The van der Waals surface area contributed by atoms with Gasteiger partial charge < -0.3 is 10.4 Å². The van der Waals surface area contributed by atoms with Gasteiger partial charge in [0, 0.05) is 16.3 Å². The number of hydrogen-bond acceptors (Lipinski definition) is 5. The zero-order chi connectivity index (χ0) is 21.0. The van der Waals surface area contributed by atoms with Crippen LogP contribution in [0.5, 0.6) is 0 Å². The number of aliphatic hydroxyl groups is 1. The Morgan fingerprint density at radius 3 is 2.38 bits per heavy atom. The zero-order valence-corrected chi connectivity index (χ0v) is 18.6. The lowest BCUT2D eigenvalue weighted by molar-refractivity contribution is 0.0825. The van der Waals surface area contributed by atoms with Gasteiger partial charge in [-0.15, -0.1) is 15.7 Å². The van der Waals surface area contributed by atoms with Crippen molar-refractivity contribution in [2.75, 3.05) is 5.32 Å². The molecule has 10 heteroatoms. The van der Waals surface area contributed by atoms with E-state index in [1.165, 1.54) is 6.07 Å². The van der Waals surface area contributed by atoms with Crippen molar-refractivity contribution in [1.29, 1.82) is 0 Å². The molecule has 0 saturated heterocycles. The van der Waals surface area contributed by atoms with Crippen LogP contribution in [0.25, 0.3) is 0 Å². The topological polar surface area (TPSA) is 118 Å². The van der Waals surface area contributed by atoms with Crippen LogP contribution >= 0.6 is 22.9 Å². The Labute approximate surface area is 179 Å². The van der Waals surface area contributed by atoms with Crippen LogP contribution in [-0.4, -0.2) is 20.3 Å². The summed E-state index contributed by atoms with van der Waals surface area (Å²) in [6.07, 6.45) is 5.53. The summed E-state index contributed by atoms with van der Waals surface area (Å²) in [5.74, 6) is 0. The van der Waals surface area contributed by atoms with Crippen LogP contribution in [0.15, 0.2) is 14.6 Å². The summed E-state index contributed by atoms with van der Waals surface area (Å²) in [5.41, 5.74) is 3.77. The second-order valence-corrected chi connectivity index (χ2v) is 11.4. The van der Waals surface area contributed by atoms with Gasteiger partial charge in [0.25, 0.3) is 0 Å². The third-order valence-corrected chi connectivity index (χ3v) is 9.14. The third-order valence-electron chi connectivity index (χ3n) is 5.23. The number of nitrogens with two attached hydrogens (primary N) is 1. The van der Waals surface area contributed by atoms with E-state index in [-0.39, 0.29) is 9.23 Å². The highest BCUT2D eigenvalue weighted by Crippen LogP contribution is 2.38. The summed E-state index contributed by atoms with van der Waals surface area (Å²) in [6.45, 7) is 3.18. The highest BCUT2D eigenvalue weighted by atomic mass is 35.5. The number of anilines is 1. The van der Waals surface area contributed by atoms with E-state index in [1.807, 2.05) is 0 Å². The number of amides is 2. The fraction of sp³-hybridized carbons (Fsp3) is 0.474. The molecular formula is C19H23ClN4O3S2. The number of thiophene rings is 1. The van der Waals surface area contributed by atoms with Crippen LogP contribution in [0.4, 0.5) is 10.5 Å². The number of rotatable bonds is 3. The van der Waals surface area contributed by atoms with E-state index in [1.54, 1.807) is 13.8 Å². The lowest BCUT2D eigenvalue weighted by Crippen LogP contribution is -2.18. The number of carbonyl (C=O) groups excluding carboxylic acids is 1. The molecule has 29 heavy (non-hydrogen) atoms. The van der Waals surface area contributed by atoms with Gasteiger partial charge in [0.2, 0.25) is 0 Å². The van der Waals surface area contributed by atoms with Crippen molar-refractivity contribution in [3.8, 4) is 0 Å². The van der Waals surface area contributed by atoms with Crippen LogP contribution in [0.1, 0.15) is 54.1 Å². The average Bonchev–Trinajstić information content (AvgIpc) is 3.31. The number of carbonyl (C=O) groups is 1. The van der Waals surface area contributed by atoms with Crippen LogP contribution in [-0.2, 0) is 41.2 Å². The van der Waals surface area contributed by atoms with Crippen molar-refractivity contribution in [2.24, 2.45) is 9.50 Å². The molecule has 2 amide bonds. The number of nitrogens with one attached hydrogen (secondary N) is 1. The van der Waals surface area contributed by atoms with E-state index < -0.39 is 21.5 Å². The predicted octanol–water partition coefficient (Wildman–Crippen LogP) is 3.93. The standard InChI is InChI=1S/C19H23ClN4O3S2/c1-19(2,26)15-9-12(20)17(28-15)29(21,27)24-18(25)23-16-10-5-3-7-13(10)22-14-8-4-6-11(14)16/h9,26H,3-8H2,1-2H3,(H3,21,22,23,24,25,27)/t29-/m0/s1. The number of halogens is 1. The molecule has 2 aliphatic carbocycles. The molecule has 2 aromatic heterocycles. The van der Waals surface area contributed by atoms with Gasteiger partial charge in [-0.2, -0.15) is 0 Å². The SMILES string of the molecule is CC(C)(O)c1cc(Cl)c([S@@](N)(=O)=NC(=O)Nc2c3c(nc4c2CCC4)CCC3)s1. The van der Waals surface area contributed by atoms with E-state index in [9.17, 15) is 14.1 Å². The molecule has 0 spiro atoms. The largest absolute Gasteiger partial charge is 0.385 e. The van der Waals surface area contributed by atoms with Crippen molar-refractivity contribution >= 4 is 44.6 Å². The Bertz CT molecular complexity index is 1100. The normalized spacial score (nSPS) is 17.6. The quantitative estimate of drug-likeness (QED) is 0.650. The molecule has 0 fully saturated rings. The van der Waals surface area contributed by atoms with Crippen molar-refractivity contribution in [3.63, 3.8) is 0 Å². The average molecular weight is 455 g/mol. The maximum absolute atomic E-state index is 13.0. The Morgan fingerprint density at radius 2 is 1.86 bits per heavy atom. The molecular weight excluding hydrogens is 432 g/mol. The van der Waals surface area contributed by atoms with Gasteiger partial charge in [-0.05, 0) is 69.6 Å². The monoisotopic (exact) mass is 454 g/mol. The summed E-state index contributed by atoms with van der Waals surface area (Å²) < 4.78 is 16.8. The van der Waals surface area contributed by atoms with Crippen molar-refractivity contribution in [3.05, 3.63) is 38.5 Å². The van der Waals surface area contributed by atoms with E-state index >= 15 is 0 Å².